The van der Waals surface area contributed by atoms with Gasteiger partial charge in [0.25, 0.3) is 0 Å². The summed E-state index contributed by atoms with van der Waals surface area (Å²) in [5.41, 5.74) is 18.6. The molecule has 0 aliphatic heterocycles. The summed E-state index contributed by atoms with van der Waals surface area (Å²) in [6, 6.07) is 92.4. The van der Waals surface area contributed by atoms with E-state index in [1.54, 1.807) is 0 Å². The molecule has 0 atom stereocenters. The normalized spacial score (nSPS) is 14.9. The Morgan fingerprint density at radius 2 is 0.600 bits per heavy atom. The fraction of sp³-hybridized carbons (Fsp3) is 0.261. The molecule has 3 nitrogen and oxygen atoms in total. The molecule has 16 rings (SSSR count). The summed E-state index contributed by atoms with van der Waals surface area (Å²) < 4.78 is 0. The van der Waals surface area contributed by atoms with Crippen molar-refractivity contribution < 1.29 is 5.11 Å². The van der Waals surface area contributed by atoms with Gasteiger partial charge in [0, 0.05) is 39.5 Å². The van der Waals surface area contributed by atoms with Gasteiger partial charge in [-0.05, 0) is 229 Å². The Morgan fingerprint density at radius 1 is 0.295 bits per heavy atom. The van der Waals surface area contributed by atoms with Gasteiger partial charge in [0.15, 0.2) is 0 Å². The molecule has 0 spiro atoms. The Kier molecular flexibility index (Phi) is 16.9. The molecule has 0 aromatic heterocycles. The maximum Gasteiger partial charge on any atom is 0.0902 e. The Bertz CT molecular complexity index is 4850. The van der Waals surface area contributed by atoms with Crippen molar-refractivity contribution in [2.75, 3.05) is 9.80 Å². The number of rotatable bonds is 9. The summed E-state index contributed by atoms with van der Waals surface area (Å²) in [5.74, 6) is 0. The lowest BCUT2D eigenvalue weighted by molar-refractivity contribution is 0.000778. The largest absolute Gasteiger partial charge is 0.385 e. The molecule has 95 heavy (non-hydrogen) atoms. The summed E-state index contributed by atoms with van der Waals surface area (Å²) in [6.07, 6.45) is 11.4. The van der Waals surface area contributed by atoms with Crippen molar-refractivity contribution >= 4 is 98.8 Å². The van der Waals surface area contributed by atoms with Crippen LogP contribution in [-0.2, 0) is 21.8 Å². The molecule has 2 fully saturated rings. The van der Waals surface area contributed by atoms with Gasteiger partial charge in [-0.15, -0.1) is 0 Å². The minimum atomic E-state index is -0.670. The van der Waals surface area contributed by atoms with Gasteiger partial charge in [-0.25, -0.2) is 0 Å². The number of nitrogens with zero attached hydrogens (tertiary/aromatic N) is 2. The van der Waals surface area contributed by atoms with Gasteiger partial charge in [0.2, 0.25) is 0 Å². The van der Waals surface area contributed by atoms with Crippen molar-refractivity contribution in [1.29, 1.82) is 0 Å². The molecule has 2 saturated carbocycles. The molecule has 0 amide bonds. The zero-order valence-corrected chi connectivity index (χ0v) is 57.6. The van der Waals surface area contributed by atoms with Gasteiger partial charge in [-0.1, -0.05) is 278 Å². The van der Waals surface area contributed by atoms with Crippen LogP contribution >= 0.6 is 0 Å². The van der Waals surface area contributed by atoms with Crippen LogP contribution in [0.15, 0.2) is 249 Å². The lowest BCUT2D eigenvalue weighted by atomic mass is 9.64. The van der Waals surface area contributed by atoms with Gasteiger partial charge < -0.3 is 14.9 Å². The van der Waals surface area contributed by atoms with E-state index in [2.05, 4.69) is 322 Å². The number of benzene rings is 14. The van der Waals surface area contributed by atoms with E-state index < -0.39 is 5.60 Å². The Balaban J connectivity index is 0.000000136. The average molecular weight is 1240 g/mol. The molecule has 0 saturated heterocycles. The van der Waals surface area contributed by atoms with E-state index in [-0.39, 0.29) is 16.2 Å². The molecule has 14 aromatic rings. The lowest BCUT2D eigenvalue weighted by Gasteiger charge is -2.40. The quantitative estimate of drug-likeness (QED) is 0.146. The van der Waals surface area contributed by atoms with Crippen molar-refractivity contribution in [3.63, 3.8) is 0 Å². The third-order valence-corrected chi connectivity index (χ3v) is 21.2. The smallest absolute Gasteiger partial charge is 0.0902 e. The lowest BCUT2D eigenvalue weighted by Crippen LogP contribution is -2.30. The van der Waals surface area contributed by atoms with Crippen LogP contribution < -0.4 is 9.80 Å². The van der Waals surface area contributed by atoms with Gasteiger partial charge >= 0.3 is 0 Å². The minimum absolute atomic E-state index is 0.00574. The second-order valence-electron chi connectivity index (χ2n) is 30.0. The van der Waals surface area contributed by atoms with E-state index in [1.165, 1.54) is 182 Å². The number of anilines is 6. The summed E-state index contributed by atoms with van der Waals surface area (Å²) >= 11 is 0. The van der Waals surface area contributed by atoms with Crippen LogP contribution in [0, 0.1) is 27.7 Å². The molecular formula is C92H92N2O. The van der Waals surface area contributed by atoms with Crippen molar-refractivity contribution in [2.45, 2.75) is 155 Å². The molecule has 0 bridgehead atoms. The monoisotopic (exact) mass is 1240 g/mol. The highest BCUT2D eigenvalue weighted by Crippen LogP contribution is 2.51. The van der Waals surface area contributed by atoms with Crippen molar-refractivity contribution in [2.24, 2.45) is 0 Å². The van der Waals surface area contributed by atoms with Crippen molar-refractivity contribution in [3.05, 3.63) is 299 Å². The number of para-hydroxylation sites is 1. The molecule has 1 N–H and O–H groups in total. The molecule has 2 aliphatic carbocycles. The Morgan fingerprint density at radius 3 is 0.979 bits per heavy atom. The van der Waals surface area contributed by atoms with E-state index in [0.29, 0.717) is 0 Å². The van der Waals surface area contributed by atoms with Crippen LogP contribution in [0.2, 0.25) is 0 Å². The van der Waals surface area contributed by atoms with Crippen molar-refractivity contribution in [3.8, 4) is 0 Å². The Hall–Kier alpha value is -9.28. The zero-order chi connectivity index (χ0) is 65.8. The molecule has 3 heteroatoms. The van der Waals surface area contributed by atoms with Crippen LogP contribution in [0.4, 0.5) is 34.1 Å². The number of aliphatic hydroxyl groups is 1. The first kappa shape index (κ1) is 63.1. The van der Waals surface area contributed by atoms with E-state index in [0.717, 1.165) is 31.2 Å². The summed E-state index contributed by atoms with van der Waals surface area (Å²) in [6.45, 7) is 22.3. The predicted molar refractivity (Wildman–Crippen MR) is 410 cm³/mol. The number of hydrogen-bond acceptors (Lipinski definition) is 3. The fourth-order valence-corrected chi connectivity index (χ4v) is 15.8. The summed E-state index contributed by atoms with van der Waals surface area (Å²) in [7, 11) is 0. The van der Waals surface area contributed by atoms with Crippen molar-refractivity contribution in [1.82, 2.24) is 0 Å². The Labute approximate surface area is 564 Å². The standard InChI is InChI=1S/C46H45N.C26H28O.C20H19N/c1-31-9-19-38(20-10-31)47(39-21-11-32(2)12-22-39)40-23-17-36(18-24-40)46(27-7-6-8-28-46)42-26-16-33-13-14-34-29-37(45(3,4)5)30-35-15-25-41(42)44(33)43(34)35;1-25(2,3)20-15-18-8-7-17-10-12-22(26(27)13-5-4-6-14-26)21-11-9-19(16-20)23(18)24(17)21;1-16-8-12-19(13-9-16)21(18-6-4-3-5-7-18)20-14-10-17(2)11-15-20/h9-26,29-30H,6-8,27-28H2,1-5H3;7-12,15-16,27H,4-6,13-14H2,1-3H3;3-15H,1-2H3. The molecule has 0 heterocycles. The number of aryl methyl sites for hydroxylation is 4. The van der Waals surface area contributed by atoms with Crippen LogP contribution in [0.3, 0.4) is 0 Å². The zero-order valence-electron chi connectivity index (χ0n) is 57.6. The van der Waals surface area contributed by atoms with Crippen LogP contribution in [0.25, 0.3) is 64.6 Å². The highest BCUT2D eigenvalue weighted by molar-refractivity contribution is 6.25. The van der Waals surface area contributed by atoms with Gasteiger partial charge in [-0.2, -0.15) is 0 Å². The molecular weight excluding hydrogens is 1150 g/mol. The van der Waals surface area contributed by atoms with E-state index in [4.69, 9.17) is 0 Å². The van der Waals surface area contributed by atoms with Gasteiger partial charge in [-0.3, -0.25) is 0 Å². The average Bonchev–Trinajstić information content (AvgIpc) is 0.727. The first-order chi connectivity index (χ1) is 45.8. The highest BCUT2D eigenvalue weighted by atomic mass is 16.3. The van der Waals surface area contributed by atoms with Crippen LogP contribution in [0.1, 0.15) is 156 Å². The van der Waals surface area contributed by atoms with Gasteiger partial charge in [0.05, 0.1) is 5.60 Å². The maximum atomic E-state index is 11.4. The second kappa shape index (κ2) is 25.5. The number of hydrogen-bond donors (Lipinski definition) is 1. The topological polar surface area (TPSA) is 26.7 Å². The van der Waals surface area contributed by atoms with E-state index in [1.807, 2.05) is 6.07 Å². The molecule has 476 valence electrons. The molecule has 14 aromatic carbocycles. The second-order valence-corrected chi connectivity index (χ2v) is 30.0. The molecule has 2 aliphatic rings. The first-order valence-corrected chi connectivity index (χ1v) is 35.0. The fourth-order valence-electron chi connectivity index (χ4n) is 15.8. The summed E-state index contributed by atoms with van der Waals surface area (Å²) in [4.78, 5) is 4.66. The van der Waals surface area contributed by atoms with Crippen LogP contribution in [-0.4, -0.2) is 5.11 Å². The minimum Gasteiger partial charge on any atom is -0.385 e. The van der Waals surface area contributed by atoms with E-state index in [9.17, 15) is 5.11 Å². The highest BCUT2D eigenvalue weighted by Gasteiger charge is 2.38. The third-order valence-electron chi connectivity index (χ3n) is 21.2. The van der Waals surface area contributed by atoms with Crippen LogP contribution in [0.5, 0.6) is 0 Å². The first-order valence-electron chi connectivity index (χ1n) is 35.0. The maximum absolute atomic E-state index is 11.4. The SMILES string of the molecule is CC(C)(C)c1cc2ccc3ccc(C4(O)CCCCC4)c4ccc(c1)c2c34.Cc1ccc(N(c2ccc(C)cc2)c2ccc(C3(c4ccc5ccc6cc(C(C)(C)C)cc7ccc4c5c67)CCCCC3)cc2)cc1.Cc1ccc(N(c2ccccc2)c2ccc(C)cc2)cc1. The molecule has 0 radical (unpaired) electrons. The predicted octanol–water partition coefficient (Wildman–Crippen LogP) is 26.0. The summed E-state index contributed by atoms with van der Waals surface area (Å²) in [5, 5.41) is 27.6. The van der Waals surface area contributed by atoms with E-state index >= 15 is 0 Å². The van der Waals surface area contributed by atoms with Gasteiger partial charge in [0.1, 0.15) is 0 Å². The third kappa shape index (κ3) is 12.3. The molecule has 0 unspecified atom stereocenters.